The standard InChI is InChI=1S/C11H14N2Se/c1-3-13(4-2)11-12-9-7-5-6-8-10(9)14-11/h5-8H,3-4H2,1-2H3. The van der Waals surface area contributed by atoms with Crippen LogP contribution in [0.25, 0.3) is 9.78 Å². The van der Waals surface area contributed by atoms with Crippen LogP contribution in [0, 0.1) is 0 Å². The zero-order valence-electron chi connectivity index (χ0n) is 8.53. The molecule has 0 saturated heterocycles. The molecule has 0 amide bonds. The van der Waals surface area contributed by atoms with E-state index in [1.165, 1.54) is 14.5 Å². The summed E-state index contributed by atoms with van der Waals surface area (Å²) in [7, 11) is 0. The molecule has 0 N–H and O–H groups in total. The zero-order valence-corrected chi connectivity index (χ0v) is 10.2. The van der Waals surface area contributed by atoms with E-state index in [1.807, 2.05) is 0 Å². The fourth-order valence-corrected chi connectivity index (χ4v) is 3.78. The molecule has 0 spiro atoms. The second kappa shape index (κ2) is 4.16. The number of hydrogen-bond donors (Lipinski definition) is 0. The maximum absolute atomic E-state index is 4.66. The predicted molar refractivity (Wildman–Crippen MR) is 62.2 cm³/mol. The Morgan fingerprint density at radius 1 is 1.21 bits per heavy atom. The summed E-state index contributed by atoms with van der Waals surface area (Å²) in [5.74, 6) is 0. The molecule has 74 valence electrons. The molecule has 1 aromatic heterocycles. The van der Waals surface area contributed by atoms with Gasteiger partial charge in [0.2, 0.25) is 0 Å². The Balaban J connectivity index is 2.43. The van der Waals surface area contributed by atoms with E-state index in [2.05, 4.69) is 48.0 Å². The van der Waals surface area contributed by atoms with E-state index < -0.39 is 0 Å². The summed E-state index contributed by atoms with van der Waals surface area (Å²) >= 11 is 0.419. The first-order chi connectivity index (χ1) is 6.85. The molecule has 0 atom stereocenters. The van der Waals surface area contributed by atoms with E-state index in [1.54, 1.807) is 0 Å². The van der Waals surface area contributed by atoms with Crippen LogP contribution in [-0.4, -0.2) is 32.6 Å². The number of hydrogen-bond acceptors (Lipinski definition) is 2. The molecule has 2 aromatic rings. The topological polar surface area (TPSA) is 16.1 Å². The fraction of sp³-hybridized carbons (Fsp3) is 0.364. The Kier molecular flexibility index (Phi) is 2.90. The third-order valence-electron chi connectivity index (χ3n) is 2.32. The first-order valence-electron chi connectivity index (χ1n) is 4.95. The number of nitrogens with zero attached hydrogens (tertiary/aromatic N) is 2. The molecule has 0 aliphatic carbocycles. The molecular weight excluding hydrogens is 239 g/mol. The molecule has 0 unspecified atom stereocenters. The number of benzene rings is 1. The van der Waals surface area contributed by atoms with Gasteiger partial charge >= 0.3 is 90.1 Å². The van der Waals surface area contributed by atoms with Crippen LogP contribution in [0.3, 0.4) is 0 Å². The van der Waals surface area contributed by atoms with Gasteiger partial charge in [-0.2, -0.15) is 0 Å². The molecule has 3 heteroatoms. The minimum atomic E-state index is 0.419. The van der Waals surface area contributed by atoms with Crippen molar-refractivity contribution in [2.45, 2.75) is 13.8 Å². The fourth-order valence-electron chi connectivity index (χ4n) is 1.49. The van der Waals surface area contributed by atoms with Gasteiger partial charge in [-0.25, -0.2) is 0 Å². The van der Waals surface area contributed by atoms with Gasteiger partial charge in [0, 0.05) is 0 Å². The normalized spacial score (nSPS) is 10.7. The average Bonchev–Trinajstić information content (AvgIpc) is 2.63. The van der Waals surface area contributed by atoms with Gasteiger partial charge in [-0.1, -0.05) is 0 Å². The molecule has 0 saturated carbocycles. The minimum absolute atomic E-state index is 0.419. The van der Waals surface area contributed by atoms with Crippen molar-refractivity contribution < 1.29 is 0 Å². The quantitative estimate of drug-likeness (QED) is 0.779. The molecule has 0 aliphatic heterocycles. The second-order valence-electron chi connectivity index (χ2n) is 3.14. The molecular formula is C11H14N2Se. The molecule has 2 rings (SSSR count). The van der Waals surface area contributed by atoms with Crippen LogP contribution < -0.4 is 4.90 Å². The summed E-state index contributed by atoms with van der Waals surface area (Å²) in [6, 6.07) is 8.45. The average molecular weight is 253 g/mol. The van der Waals surface area contributed by atoms with Gasteiger partial charge in [0.05, 0.1) is 0 Å². The van der Waals surface area contributed by atoms with Crippen molar-refractivity contribution in [3.05, 3.63) is 24.3 Å². The Labute approximate surface area is 90.3 Å². The van der Waals surface area contributed by atoms with Gasteiger partial charge in [-0.15, -0.1) is 0 Å². The van der Waals surface area contributed by atoms with Crippen molar-refractivity contribution in [2.75, 3.05) is 18.0 Å². The van der Waals surface area contributed by atoms with Gasteiger partial charge in [0.25, 0.3) is 0 Å². The van der Waals surface area contributed by atoms with E-state index in [0.29, 0.717) is 14.5 Å². The summed E-state index contributed by atoms with van der Waals surface area (Å²) < 4.78 is 2.70. The van der Waals surface area contributed by atoms with Crippen LogP contribution in [-0.2, 0) is 0 Å². The van der Waals surface area contributed by atoms with E-state index in [4.69, 9.17) is 0 Å². The Bertz CT molecular complexity index is 385. The molecule has 0 aliphatic rings. The Morgan fingerprint density at radius 2 is 1.93 bits per heavy atom. The van der Waals surface area contributed by atoms with Crippen molar-refractivity contribution in [3.63, 3.8) is 0 Å². The summed E-state index contributed by atoms with van der Waals surface area (Å²) in [6.07, 6.45) is 0. The monoisotopic (exact) mass is 254 g/mol. The van der Waals surface area contributed by atoms with Crippen molar-refractivity contribution >= 4 is 29.0 Å². The van der Waals surface area contributed by atoms with Crippen LogP contribution in [0.15, 0.2) is 24.3 Å². The van der Waals surface area contributed by atoms with Gasteiger partial charge in [-0.05, 0) is 0 Å². The van der Waals surface area contributed by atoms with Crippen LogP contribution in [0.1, 0.15) is 13.8 Å². The van der Waals surface area contributed by atoms with Crippen LogP contribution in [0.4, 0.5) is 4.69 Å². The zero-order chi connectivity index (χ0) is 9.97. The van der Waals surface area contributed by atoms with Gasteiger partial charge in [0.15, 0.2) is 0 Å². The Morgan fingerprint density at radius 3 is 2.57 bits per heavy atom. The number of para-hydroxylation sites is 1. The third kappa shape index (κ3) is 1.70. The second-order valence-corrected chi connectivity index (χ2v) is 5.25. The number of fused-ring (bicyclic) bond motifs is 1. The molecule has 14 heavy (non-hydrogen) atoms. The van der Waals surface area contributed by atoms with Crippen LogP contribution in [0.2, 0.25) is 0 Å². The SMILES string of the molecule is CCN(CC)c1nc2ccccc2[se]1. The van der Waals surface area contributed by atoms with E-state index in [9.17, 15) is 0 Å². The van der Waals surface area contributed by atoms with Gasteiger partial charge in [0.1, 0.15) is 0 Å². The molecule has 2 nitrogen and oxygen atoms in total. The third-order valence-corrected chi connectivity index (χ3v) is 4.62. The van der Waals surface area contributed by atoms with Crippen molar-refractivity contribution in [1.29, 1.82) is 0 Å². The van der Waals surface area contributed by atoms with E-state index >= 15 is 0 Å². The first kappa shape index (κ1) is 9.75. The summed E-state index contributed by atoms with van der Waals surface area (Å²) in [5, 5.41) is 0. The first-order valence-corrected chi connectivity index (χ1v) is 6.67. The molecule has 0 fully saturated rings. The van der Waals surface area contributed by atoms with Crippen molar-refractivity contribution in [2.24, 2.45) is 0 Å². The molecule has 0 radical (unpaired) electrons. The molecule has 0 bridgehead atoms. The number of anilines is 1. The van der Waals surface area contributed by atoms with Crippen LogP contribution >= 0.6 is 0 Å². The van der Waals surface area contributed by atoms with Crippen molar-refractivity contribution in [3.8, 4) is 0 Å². The number of aromatic nitrogens is 1. The summed E-state index contributed by atoms with van der Waals surface area (Å²) in [4.78, 5) is 7.01. The van der Waals surface area contributed by atoms with Crippen LogP contribution in [0.5, 0.6) is 0 Å². The van der Waals surface area contributed by atoms with Gasteiger partial charge in [-0.3, -0.25) is 0 Å². The summed E-state index contributed by atoms with van der Waals surface area (Å²) in [6.45, 7) is 6.49. The van der Waals surface area contributed by atoms with E-state index in [0.717, 1.165) is 13.1 Å². The number of rotatable bonds is 3. The molecule has 1 aromatic carbocycles. The van der Waals surface area contributed by atoms with E-state index in [-0.39, 0.29) is 0 Å². The predicted octanol–water partition coefficient (Wildman–Crippen LogP) is 2.14. The molecule has 1 heterocycles. The Hall–Kier alpha value is -0.791. The van der Waals surface area contributed by atoms with Gasteiger partial charge < -0.3 is 0 Å². The van der Waals surface area contributed by atoms with Crippen molar-refractivity contribution in [1.82, 2.24) is 4.98 Å². The maximum atomic E-state index is 4.66. The summed E-state index contributed by atoms with van der Waals surface area (Å²) in [5.41, 5.74) is 1.18.